The number of phenols is 1. The van der Waals surface area contributed by atoms with Crippen molar-refractivity contribution in [2.45, 2.75) is 24.9 Å². The Labute approximate surface area is 166 Å². The average Bonchev–Trinajstić information content (AvgIpc) is 3.34. The molecule has 8 heteroatoms. The van der Waals surface area contributed by atoms with Crippen LogP contribution in [0, 0.1) is 0 Å². The van der Waals surface area contributed by atoms with Gasteiger partial charge in [-0.3, -0.25) is 9.59 Å². The first kappa shape index (κ1) is 17.7. The number of hydrogen-bond acceptors (Lipinski definition) is 7. The molecule has 0 radical (unpaired) electrons. The summed E-state index contributed by atoms with van der Waals surface area (Å²) in [5, 5.41) is 10.8. The van der Waals surface area contributed by atoms with Crippen LogP contribution in [0.4, 0.5) is 0 Å². The number of carbonyl (C=O) groups excluding carboxylic acids is 2. The van der Waals surface area contributed by atoms with E-state index >= 15 is 0 Å². The van der Waals surface area contributed by atoms with Gasteiger partial charge in [0.2, 0.25) is 18.4 Å². The number of methoxy groups -OCH3 is 2. The molecule has 2 atom stereocenters. The lowest BCUT2D eigenvalue weighted by Gasteiger charge is -2.39. The predicted molar refractivity (Wildman–Crippen MR) is 99.8 cm³/mol. The summed E-state index contributed by atoms with van der Waals surface area (Å²) in [6, 6.07) is 5.89. The van der Waals surface area contributed by atoms with Crippen LogP contribution in [0.1, 0.15) is 40.4 Å². The highest BCUT2D eigenvalue weighted by Crippen LogP contribution is 2.51. The van der Waals surface area contributed by atoms with E-state index in [2.05, 4.69) is 0 Å². The van der Waals surface area contributed by atoms with Crippen LogP contribution >= 0.6 is 0 Å². The quantitative estimate of drug-likeness (QED) is 0.850. The van der Waals surface area contributed by atoms with Crippen molar-refractivity contribution < 1.29 is 33.6 Å². The van der Waals surface area contributed by atoms with Crippen molar-refractivity contribution in [3.05, 3.63) is 41.0 Å². The smallest absolute Gasteiger partial charge is 0.231 e. The Kier molecular flexibility index (Phi) is 3.84. The van der Waals surface area contributed by atoms with Crippen molar-refractivity contribution in [2.24, 2.45) is 0 Å². The molecule has 29 heavy (non-hydrogen) atoms. The van der Waals surface area contributed by atoms with E-state index in [0.717, 1.165) is 5.56 Å². The Morgan fingerprint density at radius 1 is 1.10 bits per heavy atom. The summed E-state index contributed by atoms with van der Waals surface area (Å²) in [5.41, 5.74) is 1.42. The van der Waals surface area contributed by atoms with Gasteiger partial charge in [-0.2, -0.15) is 0 Å². The maximum Gasteiger partial charge on any atom is 0.231 e. The number of carbonyl (C=O) groups is 2. The number of phenolic OH excluding ortho intramolecular Hbond substituents is 1. The Morgan fingerprint density at radius 2 is 1.90 bits per heavy atom. The lowest BCUT2D eigenvalue weighted by Crippen LogP contribution is -2.46. The normalized spacial score (nSPS) is 21.8. The van der Waals surface area contributed by atoms with Crippen molar-refractivity contribution in [3.8, 4) is 28.7 Å². The van der Waals surface area contributed by atoms with Gasteiger partial charge in [-0.25, -0.2) is 0 Å². The molecule has 0 unspecified atom stereocenters. The molecule has 0 spiro atoms. The minimum absolute atomic E-state index is 0.0989. The third-order valence-corrected chi connectivity index (χ3v) is 5.76. The van der Waals surface area contributed by atoms with Gasteiger partial charge in [0.05, 0.1) is 31.9 Å². The fourth-order valence-corrected chi connectivity index (χ4v) is 4.49. The van der Waals surface area contributed by atoms with Gasteiger partial charge in [-0.1, -0.05) is 6.07 Å². The average molecular weight is 397 g/mol. The number of hydrogen-bond donors (Lipinski definition) is 1. The van der Waals surface area contributed by atoms with E-state index in [-0.39, 0.29) is 47.7 Å². The van der Waals surface area contributed by atoms with Gasteiger partial charge in [-0.15, -0.1) is 0 Å². The van der Waals surface area contributed by atoms with Crippen LogP contribution in [0.25, 0.3) is 0 Å². The van der Waals surface area contributed by atoms with Crippen LogP contribution in [0.5, 0.6) is 28.7 Å². The number of aromatic hydroxyl groups is 1. The molecule has 3 aliphatic rings. The SMILES string of the molecule is COc1cc2c(c(O)c1OC)C(=O)[C@H]1CCC(=O)N1[C@@H]2c1ccc2c(c1)OCO2. The fourth-order valence-electron chi connectivity index (χ4n) is 4.49. The zero-order valence-electron chi connectivity index (χ0n) is 15.9. The third-order valence-electron chi connectivity index (χ3n) is 5.76. The summed E-state index contributed by atoms with van der Waals surface area (Å²) in [6.45, 7) is 0.135. The van der Waals surface area contributed by atoms with E-state index in [0.29, 0.717) is 23.5 Å². The molecule has 5 rings (SSSR count). The molecule has 0 aliphatic carbocycles. The van der Waals surface area contributed by atoms with Crippen molar-refractivity contribution >= 4 is 11.7 Å². The van der Waals surface area contributed by atoms with Gasteiger partial charge in [0.15, 0.2) is 28.8 Å². The lowest BCUT2D eigenvalue weighted by molar-refractivity contribution is -0.130. The number of benzene rings is 2. The standard InChI is InChI=1S/C21H19NO7/c1-26-15-8-11-17(20(25)21(15)27-2)19(24)12-4-6-16(23)22(12)18(11)10-3-5-13-14(7-10)29-9-28-13/h3,5,7-8,12,18,25H,4,6,9H2,1-2H3/t12-,18-/m1/s1. The molecule has 3 aliphatic heterocycles. The highest BCUT2D eigenvalue weighted by atomic mass is 16.7. The Bertz CT molecular complexity index is 1050. The fraction of sp³-hybridized carbons (Fsp3) is 0.333. The van der Waals surface area contributed by atoms with Crippen LogP contribution < -0.4 is 18.9 Å². The van der Waals surface area contributed by atoms with Crippen LogP contribution in [0.2, 0.25) is 0 Å². The maximum atomic E-state index is 13.2. The second-order valence-electron chi connectivity index (χ2n) is 7.16. The van der Waals surface area contributed by atoms with Gasteiger partial charge < -0.3 is 29.0 Å². The van der Waals surface area contributed by atoms with Gasteiger partial charge in [0.1, 0.15) is 0 Å². The summed E-state index contributed by atoms with van der Waals surface area (Å²) in [5.74, 6) is 0.923. The molecule has 1 saturated heterocycles. The second kappa shape index (κ2) is 6.30. The molecule has 8 nitrogen and oxygen atoms in total. The van der Waals surface area contributed by atoms with Crippen molar-refractivity contribution in [1.29, 1.82) is 0 Å². The van der Waals surface area contributed by atoms with E-state index in [9.17, 15) is 14.7 Å². The molecule has 1 N–H and O–H groups in total. The molecular weight excluding hydrogens is 378 g/mol. The first-order chi connectivity index (χ1) is 14.0. The highest BCUT2D eigenvalue weighted by molar-refractivity contribution is 6.09. The molecule has 3 heterocycles. The van der Waals surface area contributed by atoms with Gasteiger partial charge >= 0.3 is 0 Å². The molecule has 0 bridgehead atoms. The third kappa shape index (κ3) is 2.38. The topological polar surface area (TPSA) is 94.5 Å². The number of nitrogens with zero attached hydrogens (tertiary/aromatic N) is 1. The van der Waals surface area contributed by atoms with Gasteiger partial charge in [0.25, 0.3) is 0 Å². The molecule has 0 aromatic heterocycles. The van der Waals surface area contributed by atoms with E-state index in [1.165, 1.54) is 14.2 Å². The largest absolute Gasteiger partial charge is 0.504 e. The Hall–Kier alpha value is -3.42. The zero-order valence-corrected chi connectivity index (χ0v) is 15.9. The number of ketones is 1. The molecule has 0 saturated carbocycles. The van der Waals surface area contributed by atoms with Crippen molar-refractivity contribution in [3.63, 3.8) is 0 Å². The second-order valence-corrected chi connectivity index (χ2v) is 7.16. The van der Waals surface area contributed by atoms with Gasteiger partial charge in [-0.05, 0) is 35.7 Å². The minimum Gasteiger partial charge on any atom is -0.504 e. The van der Waals surface area contributed by atoms with E-state index < -0.39 is 12.1 Å². The summed E-state index contributed by atoms with van der Waals surface area (Å²) >= 11 is 0. The Morgan fingerprint density at radius 3 is 2.66 bits per heavy atom. The van der Waals surface area contributed by atoms with E-state index in [1.54, 1.807) is 17.0 Å². The summed E-state index contributed by atoms with van der Waals surface area (Å²) in [6.07, 6.45) is 0.687. The number of amides is 1. The lowest BCUT2D eigenvalue weighted by atomic mass is 9.83. The van der Waals surface area contributed by atoms with Crippen LogP contribution in [-0.2, 0) is 4.79 Å². The molecule has 2 aromatic rings. The number of rotatable bonds is 3. The van der Waals surface area contributed by atoms with Crippen molar-refractivity contribution in [2.75, 3.05) is 21.0 Å². The number of Topliss-reactive ketones (excluding diaryl/α,β-unsaturated/α-hetero) is 1. The molecule has 1 fully saturated rings. The molecule has 150 valence electrons. The van der Waals surface area contributed by atoms with E-state index in [1.807, 2.05) is 12.1 Å². The summed E-state index contributed by atoms with van der Waals surface area (Å²) in [4.78, 5) is 27.5. The number of fused-ring (bicyclic) bond motifs is 3. The highest BCUT2D eigenvalue weighted by Gasteiger charge is 2.49. The first-order valence-corrected chi connectivity index (χ1v) is 9.28. The van der Waals surface area contributed by atoms with E-state index in [4.69, 9.17) is 18.9 Å². The predicted octanol–water partition coefficient (Wildman–Crippen LogP) is 2.41. The van der Waals surface area contributed by atoms with Crippen molar-refractivity contribution in [1.82, 2.24) is 4.90 Å². The zero-order chi connectivity index (χ0) is 20.3. The van der Waals surface area contributed by atoms with Gasteiger partial charge in [0, 0.05) is 6.42 Å². The Balaban J connectivity index is 1.77. The molecule has 1 amide bonds. The van der Waals surface area contributed by atoms with Crippen LogP contribution in [0.3, 0.4) is 0 Å². The molecular formula is C21H19NO7. The number of ether oxygens (including phenoxy) is 4. The molecule has 2 aromatic carbocycles. The van der Waals surface area contributed by atoms with Crippen LogP contribution in [0.15, 0.2) is 24.3 Å². The monoisotopic (exact) mass is 397 g/mol. The van der Waals surface area contributed by atoms with Crippen LogP contribution in [-0.4, -0.2) is 48.8 Å². The summed E-state index contributed by atoms with van der Waals surface area (Å²) in [7, 11) is 2.85. The maximum absolute atomic E-state index is 13.2. The first-order valence-electron chi connectivity index (χ1n) is 9.28. The summed E-state index contributed by atoms with van der Waals surface area (Å²) < 4.78 is 21.5. The minimum atomic E-state index is -0.630.